The molecule has 2 aliphatic heterocycles. The summed E-state index contributed by atoms with van der Waals surface area (Å²) in [5, 5.41) is 19.6. The standard InChI is InChI=1S/C27H28F3N3O3/c1-36-22-6-3-19(4-7-22)26(9-10-26)24(35)32-11-8-20-14-33(16-25(20,15-32)17-34)21-5-2-18(13-31)23(12-21)27(28,29)30/h2-7,12,20,34H,8-11,14-17H2,1H3/t20-,25+/m0/s1. The number of alkyl halides is 3. The van der Waals surface area contributed by atoms with Gasteiger partial charge in [0, 0.05) is 37.3 Å². The number of fused-ring (bicyclic) bond motifs is 1. The summed E-state index contributed by atoms with van der Waals surface area (Å²) in [5.41, 5.74) is -1.21. The first-order chi connectivity index (χ1) is 17.2. The van der Waals surface area contributed by atoms with E-state index in [1.165, 1.54) is 12.1 Å². The number of nitrogens with zero attached hydrogens (tertiary/aromatic N) is 3. The molecule has 3 aliphatic rings. The average molecular weight is 500 g/mol. The minimum atomic E-state index is -4.63. The molecule has 2 aromatic rings. The molecule has 2 saturated heterocycles. The van der Waals surface area contributed by atoms with Crippen LogP contribution in [-0.2, 0) is 16.4 Å². The van der Waals surface area contributed by atoms with Crippen molar-refractivity contribution in [3.8, 4) is 11.8 Å². The second-order valence-electron chi connectivity index (χ2n) is 10.3. The Kier molecular flexibility index (Phi) is 5.91. The summed E-state index contributed by atoms with van der Waals surface area (Å²) in [7, 11) is 1.60. The Morgan fingerprint density at radius 1 is 1.19 bits per heavy atom. The van der Waals surface area contributed by atoms with Gasteiger partial charge in [-0.2, -0.15) is 18.4 Å². The van der Waals surface area contributed by atoms with Gasteiger partial charge in [-0.15, -0.1) is 0 Å². The summed E-state index contributed by atoms with van der Waals surface area (Å²) in [6, 6.07) is 12.9. The molecule has 1 aliphatic carbocycles. The first-order valence-corrected chi connectivity index (χ1v) is 12.1. The van der Waals surface area contributed by atoms with E-state index >= 15 is 0 Å². The third-order valence-electron chi connectivity index (χ3n) is 8.26. The van der Waals surface area contributed by atoms with E-state index in [1.54, 1.807) is 13.2 Å². The molecule has 1 saturated carbocycles. The predicted octanol–water partition coefficient (Wildman–Crippen LogP) is 3.96. The van der Waals surface area contributed by atoms with E-state index < -0.39 is 28.1 Å². The van der Waals surface area contributed by atoms with Gasteiger partial charge in [0.15, 0.2) is 0 Å². The maximum Gasteiger partial charge on any atom is 0.417 e. The second kappa shape index (κ2) is 8.70. The largest absolute Gasteiger partial charge is 0.497 e. The number of piperidine rings is 1. The summed E-state index contributed by atoms with van der Waals surface area (Å²) in [6.07, 6.45) is -2.43. The first kappa shape index (κ1) is 24.4. The zero-order valence-corrected chi connectivity index (χ0v) is 20.0. The van der Waals surface area contributed by atoms with Crippen molar-refractivity contribution < 1.29 is 27.8 Å². The van der Waals surface area contributed by atoms with Gasteiger partial charge in [0.2, 0.25) is 5.91 Å². The summed E-state index contributed by atoms with van der Waals surface area (Å²) in [6.45, 7) is 1.60. The third kappa shape index (κ3) is 3.97. The number of amides is 1. The summed E-state index contributed by atoms with van der Waals surface area (Å²) >= 11 is 0. The maximum atomic E-state index is 13.7. The molecule has 0 aromatic heterocycles. The van der Waals surface area contributed by atoms with Crippen LogP contribution in [0.5, 0.6) is 5.75 Å². The highest BCUT2D eigenvalue weighted by atomic mass is 19.4. The molecule has 2 atom stereocenters. The monoisotopic (exact) mass is 499 g/mol. The quantitative estimate of drug-likeness (QED) is 0.674. The normalized spacial score (nSPS) is 24.7. The van der Waals surface area contributed by atoms with Crippen molar-refractivity contribution >= 4 is 11.6 Å². The molecule has 3 fully saturated rings. The number of carbonyl (C=O) groups is 1. The Labute approximate surface area is 207 Å². The fourth-order valence-corrected chi connectivity index (χ4v) is 6.00. The lowest BCUT2D eigenvalue weighted by Gasteiger charge is -2.44. The topological polar surface area (TPSA) is 76.8 Å². The number of hydrogen-bond acceptors (Lipinski definition) is 5. The molecular formula is C27H28F3N3O3. The van der Waals surface area contributed by atoms with Crippen LogP contribution in [0.15, 0.2) is 42.5 Å². The van der Waals surface area contributed by atoms with Crippen LogP contribution >= 0.6 is 0 Å². The van der Waals surface area contributed by atoms with Crippen LogP contribution in [-0.4, -0.2) is 55.8 Å². The zero-order valence-electron chi connectivity index (χ0n) is 20.0. The molecular weight excluding hydrogens is 471 g/mol. The third-order valence-corrected chi connectivity index (χ3v) is 8.26. The summed E-state index contributed by atoms with van der Waals surface area (Å²) in [5.74, 6) is 0.826. The highest BCUT2D eigenvalue weighted by molar-refractivity contribution is 5.91. The van der Waals surface area contributed by atoms with Crippen molar-refractivity contribution in [1.29, 1.82) is 5.26 Å². The number of carbonyl (C=O) groups excluding carboxylic acids is 1. The van der Waals surface area contributed by atoms with E-state index in [2.05, 4.69) is 0 Å². The van der Waals surface area contributed by atoms with Crippen molar-refractivity contribution in [3.63, 3.8) is 0 Å². The molecule has 9 heteroatoms. The second-order valence-corrected chi connectivity index (χ2v) is 10.3. The molecule has 0 unspecified atom stereocenters. The molecule has 0 bridgehead atoms. The van der Waals surface area contributed by atoms with Crippen LogP contribution < -0.4 is 9.64 Å². The number of rotatable bonds is 5. The molecule has 1 amide bonds. The number of anilines is 1. The fraction of sp³-hybridized carbons (Fsp3) is 0.481. The number of nitriles is 1. The van der Waals surface area contributed by atoms with E-state index in [9.17, 15) is 23.1 Å². The summed E-state index contributed by atoms with van der Waals surface area (Å²) < 4.78 is 45.8. The minimum Gasteiger partial charge on any atom is -0.497 e. The van der Waals surface area contributed by atoms with E-state index in [1.807, 2.05) is 34.1 Å². The first-order valence-electron chi connectivity index (χ1n) is 12.1. The van der Waals surface area contributed by atoms with Gasteiger partial charge < -0.3 is 19.6 Å². The van der Waals surface area contributed by atoms with Crippen LogP contribution in [0, 0.1) is 22.7 Å². The van der Waals surface area contributed by atoms with Crippen LogP contribution in [0.4, 0.5) is 18.9 Å². The van der Waals surface area contributed by atoms with E-state index in [0.29, 0.717) is 38.3 Å². The van der Waals surface area contributed by atoms with Gasteiger partial charge >= 0.3 is 6.18 Å². The Morgan fingerprint density at radius 3 is 2.50 bits per heavy atom. The van der Waals surface area contributed by atoms with Crippen molar-refractivity contribution in [2.75, 3.05) is 44.8 Å². The van der Waals surface area contributed by atoms with Gasteiger partial charge in [-0.3, -0.25) is 4.79 Å². The number of hydrogen-bond donors (Lipinski definition) is 1. The molecule has 2 heterocycles. The number of methoxy groups -OCH3 is 1. The lowest BCUT2D eigenvalue weighted by atomic mass is 9.73. The number of aliphatic hydroxyl groups is 1. The lowest BCUT2D eigenvalue weighted by molar-refractivity contribution is -0.139. The summed E-state index contributed by atoms with van der Waals surface area (Å²) in [4.78, 5) is 17.4. The lowest BCUT2D eigenvalue weighted by Crippen LogP contribution is -2.54. The Hall–Kier alpha value is -3.25. The number of benzene rings is 2. The smallest absolute Gasteiger partial charge is 0.417 e. The Bertz CT molecular complexity index is 1200. The number of likely N-dealkylation sites (tertiary alicyclic amines) is 1. The Morgan fingerprint density at radius 2 is 1.92 bits per heavy atom. The van der Waals surface area contributed by atoms with E-state index in [4.69, 9.17) is 10.00 Å². The van der Waals surface area contributed by atoms with Crippen molar-refractivity contribution in [2.24, 2.45) is 11.3 Å². The van der Waals surface area contributed by atoms with Gasteiger partial charge in [0.05, 0.1) is 36.3 Å². The highest BCUT2D eigenvalue weighted by Crippen LogP contribution is 2.52. The molecule has 0 radical (unpaired) electrons. The minimum absolute atomic E-state index is 0.0488. The highest BCUT2D eigenvalue weighted by Gasteiger charge is 2.57. The SMILES string of the molecule is COc1ccc(C2(C(=O)N3CC[C@H]4CN(c5ccc(C#N)c(C(F)(F)F)c5)C[C@@]4(CO)C3)CC2)cc1. The van der Waals surface area contributed by atoms with Gasteiger partial charge in [0.25, 0.3) is 0 Å². The van der Waals surface area contributed by atoms with Crippen molar-refractivity contribution in [3.05, 3.63) is 59.2 Å². The maximum absolute atomic E-state index is 13.7. The number of aliphatic hydroxyl groups excluding tert-OH is 1. The average Bonchev–Trinajstić information content (AvgIpc) is 3.61. The van der Waals surface area contributed by atoms with E-state index in [0.717, 1.165) is 30.2 Å². The molecule has 36 heavy (non-hydrogen) atoms. The van der Waals surface area contributed by atoms with Gasteiger partial charge in [-0.05, 0) is 61.1 Å². The molecule has 1 N–H and O–H groups in total. The van der Waals surface area contributed by atoms with E-state index in [-0.39, 0.29) is 18.4 Å². The van der Waals surface area contributed by atoms with Crippen molar-refractivity contribution in [2.45, 2.75) is 30.9 Å². The van der Waals surface area contributed by atoms with Crippen LogP contribution in [0.3, 0.4) is 0 Å². The van der Waals surface area contributed by atoms with Crippen LogP contribution in [0.1, 0.15) is 36.0 Å². The van der Waals surface area contributed by atoms with Gasteiger partial charge in [-0.1, -0.05) is 12.1 Å². The Balaban J connectivity index is 1.37. The molecule has 5 rings (SSSR count). The molecule has 6 nitrogen and oxygen atoms in total. The number of halogens is 3. The predicted molar refractivity (Wildman–Crippen MR) is 126 cm³/mol. The van der Waals surface area contributed by atoms with Gasteiger partial charge in [-0.25, -0.2) is 0 Å². The van der Waals surface area contributed by atoms with Crippen molar-refractivity contribution in [1.82, 2.24) is 4.90 Å². The molecule has 0 spiro atoms. The zero-order chi connectivity index (χ0) is 25.7. The fourth-order valence-electron chi connectivity index (χ4n) is 6.00. The van der Waals surface area contributed by atoms with Crippen LogP contribution in [0.25, 0.3) is 0 Å². The molecule has 2 aromatic carbocycles. The number of ether oxygens (including phenoxy) is 1. The van der Waals surface area contributed by atoms with Gasteiger partial charge in [0.1, 0.15) is 5.75 Å². The van der Waals surface area contributed by atoms with Crippen LogP contribution in [0.2, 0.25) is 0 Å². The molecule has 190 valence electrons.